The topological polar surface area (TPSA) is 63.8 Å². The van der Waals surface area contributed by atoms with Crippen molar-refractivity contribution in [1.82, 2.24) is 9.97 Å². The first kappa shape index (κ1) is 11.0. The summed E-state index contributed by atoms with van der Waals surface area (Å²) in [6, 6.07) is 6.81. The lowest BCUT2D eigenvalue weighted by atomic mass is 10.3. The Balaban J connectivity index is 2.34. The predicted octanol–water partition coefficient (Wildman–Crippen LogP) is 3.11. The van der Waals surface area contributed by atoms with Crippen LogP contribution in [0.15, 0.2) is 30.5 Å². The number of rotatable bonds is 2. The van der Waals surface area contributed by atoms with Gasteiger partial charge in [0.05, 0.1) is 15.7 Å². The zero-order chi connectivity index (χ0) is 11.5. The number of nitrogen functional groups attached to an aromatic ring is 1. The van der Waals surface area contributed by atoms with Crippen LogP contribution in [0.25, 0.3) is 0 Å². The van der Waals surface area contributed by atoms with Gasteiger partial charge in [-0.1, -0.05) is 29.3 Å². The Morgan fingerprint density at radius 1 is 1.12 bits per heavy atom. The molecule has 0 amide bonds. The number of halogens is 2. The maximum Gasteiger partial charge on any atom is 0.229 e. The maximum atomic E-state index is 5.99. The molecule has 1 heterocycles. The Hall–Kier alpha value is -1.52. The molecule has 3 N–H and O–H groups in total. The molecule has 0 saturated heterocycles. The third-order valence-corrected chi connectivity index (χ3v) is 2.51. The Kier molecular flexibility index (Phi) is 3.12. The number of para-hydroxylation sites is 1. The SMILES string of the molecule is Nc1ccnc(Nc2c(Cl)cccc2Cl)n1. The Morgan fingerprint density at radius 3 is 2.44 bits per heavy atom. The standard InChI is InChI=1S/C10H8Cl2N4/c11-6-2-1-3-7(12)9(6)16-10-14-5-4-8(13)15-10/h1-5H,(H3,13,14,15,16). The van der Waals surface area contributed by atoms with Gasteiger partial charge in [-0.3, -0.25) is 0 Å². The van der Waals surface area contributed by atoms with Crippen LogP contribution in [0.2, 0.25) is 10.0 Å². The molecule has 0 atom stereocenters. The van der Waals surface area contributed by atoms with Crippen molar-refractivity contribution in [3.63, 3.8) is 0 Å². The average Bonchev–Trinajstić information content (AvgIpc) is 2.24. The van der Waals surface area contributed by atoms with Gasteiger partial charge in [-0.05, 0) is 18.2 Å². The van der Waals surface area contributed by atoms with Crippen molar-refractivity contribution in [3.8, 4) is 0 Å². The third kappa shape index (κ3) is 2.35. The van der Waals surface area contributed by atoms with Crippen molar-refractivity contribution in [2.75, 3.05) is 11.1 Å². The zero-order valence-electron chi connectivity index (χ0n) is 8.11. The molecule has 16 heavy (non-hydrogen) atoms. The van der Waals surface area contributed by atoms with Gasteiger partial charge < -0.3 is 11.1 Å². The maximum absolute atomic E-state index is 5.99. The molecule has 0 radical (unpaired) electrons. The van der Waals surface area contributed by atoms with Gasteiger partial charge in [-0.25, -0.2) is 4.98 Å². The summed E-state index contributed by atoms with van der Waals surface area (Å²) in [6.45, 7) is 0. The van der Waals surface area contributed by atoms with E-state index >= 15 is 0 Å². The van der Waals surface area contributed by atoms with Crippen molar-refractivity contribution in [3.05, 3.63) is 40.5 Å². The smallest absolute Gasteiger partial charge is 0.229 e. The molecule has 0 spiro atoms. The number of benzene rings is 1. The van der Waals surface area contributed by atoms with Crippen LogP contribution in [0.3, 0.4) is 0 Å². The fourth-order valence-electron chi connectivity index (χ4n) is 1.16. The fourth-order valence-corrected chi connectivity index (χ4v) is 1.65. The van der Waals surface area contributed by atoms with Gasteiger partial charge in [0.1, 0.15) is 5.82 Å². The summed E-state index contributed by atoms with van der Waals surface area (Å²) in [6.07, 6.45) is 1.55. The van der Waals surface area contributed by atoms with E-state index in [0.29, 0.717) is 27.5 Å². The molecular formula is C10H8Cl2N4. The van der Waals surface area contributed by atoms with Gasteiger partial charge in [-0.2, -0.15) is 4.98 Å². The molecule has 4 nitrogen and oxygen atoms in total. The normalized spacial score (nSPS) is 10.1. The van der Waals surface area contributed by atoms with Crippen molar-refractivity contribution >= 4 is 40.7 Å². The lowest BCUT2D eigenvalue weighted by Gasteiger charge is -2.08. The number of hydrogen-bond donors (Lipinski definition) is 2. The van der Waals surface area contributed by atoms with E-state index in [1.54, 1.807) is 30.5 Å². The van der Waals surface area contributed by atoms with E-state index in [0.717, 1.165) is 0 Å². The van der Waals surface area contributed by atoms with E-state index in [1.807, 2.05) is 0 Å². The van der Waals surface area contributed by atoms with Gasteiger partial charge in [0.2, 0.25) is 5.95 Å². The van der Waals surface area contributed by atoms with E-state index in [4.69, 9.17) is 28.9 Å². The highest BCUT2D eigenvalue weighted by atomic mass is 35.5. The van der Waals surface area contributed by atoms with Crippen LogP contribution >= 0.6 is 23.2 Å². The van der Waals surface area contributed by atoms with E-state index in [9.17, 15) is 0 Å². The van der Waals surface area contributed by atoms with Gasteiger partial charge in [-0.15, -0.1) is 0 Å². The number of anilines is 3. The van der Waals surface area contributed by atoms with Crippen molar-refractivity contribution < 1.29 is 0 Å². The summed E-state index contributed by atoms with van der Waals surface area (Å²) < 4.78 is 0. The number of nitrogens with two attached hydrogens (primary N) is 1. The minimum absolute atomic E-state index is 0.356. The second kappa shape index (κ2) is 4.55. The Labute approximate surface area is 102 Å². The van der Waals surface area contributed by atoms with Crippen LogP contribution in [0, 0.1) is 0 Å². The minimum atomic E-state index is 0.356. The van der Waals surface area contributed by atoms with E-state index in [2.05, 4.69) is 15.3 Å². The highest BCUT2D eigenvalue weighted by molar-refractivity contribution is 6.39. The van der Waals surface area contributed by atoms with Crippen molar-refractivity contribution in [2.45, 2.75) is 0 Å². The van der Waals surface area contributed by atoms with Crippen LogP contribution in [0.4, 0.5) is 17.5 Å². The molecule has 1 aromatic carbocycles. The second-order valence-electron chi connectivity index (χ2n) is 3.03. The van der Waals surface area contributed by atoms with Gasteiger partial charge in [0.15, 0.2) is 0 Å². The molecule has 0 fully saturated rings. The summed E-state index contributed by atoms with van der Waals surface area (Å²) in [7, 11) is 0. The summed E-state index contributed by atoms with van der Waals surface area (Å²) in [4.78, 5) is 7.99. The molecule has 0 unspecified atom stereocenters. The quantitative estimate of drug-likeness (QED) is 0.865. The monoisotopic (exact) mass is 254 g/mol. The number of hydrogen-bond acceptors (Lipinski definition) is 4. The number of nitrogens with zero attached hydrogens (tertiary/aromatic N) is 2. The molecule has 6 heteroatoms. The number of nitrogens with one attached hydrogen (secondary N) is 1. The van der Waals surface area contributed by atoms with Gasteiger partial charge in [0.25, 0.3) is 0 Å². The molecule has 0 aliphatic heterocycles. The highest BCUT2D eigenvalue weighted by Crippen LogP contribution is 2.31. The lowest BCUT2D eigenvalue weighted by Crippen LogP contribution is -2.00. The largest absolute Gasteiger partial charge is 0.384 e. The molecular weight excluding hydrogens is 247 g/mol. The summed E-state index contributed by atoms with van der Waals surface area (Å²) >= 11 is 12.0. The Bertz CT molecular complexity index is 496. The first-order chi connectivity index (χ1) is 7.66. The average molecular weight is 255 g/mol. The van der Waals surface area contributed by atoms with E-state index in [1.165, 1.54) is 0 Å². The second-order valence-corrected chi connectivity index (χ2v) is 3.84. The van der Waals surface area contributed by atoms with Crippen LogP contribution < -0.4 is 11.1 Å². The first-order valence-corrected chi connectivity index (χ1v) is 5.22. The van der Waals surface area contributed by atoms with E-state index < -0.39 is 0 Å². The molecule has 2 rings (SSSR count). The molecule has 0 saturated carbocycles. The van der Waals surface area contributed by atoms with Crippen molar-refractivity contribution in [2.24, 2.45) is 0 Å². The predicted molar refractivity (Wildman–Crippen MR) is 66.2 cm³/mol. The first-order valence-electron chi connectivity index (χ1n) is 4.46. The van der Waals surface area contributed by atoms with E-state index in [-0.39, 0.29) is 0 Å². The molecule has 0 aliphatic rings. The molecule has 0 aliphatic carbocycles. The van der Waals surface area contributed by atoms with Crippen LogP contribution in [-0.4, -0.2) is 9.97 Å². The van der Waals surface area contributed by atoms with Gasteiger partial charge >= 0.3 is 0 Å². The zero-order valence-corrected chi connectivity index (χ0v) is 9.63. The summed E-state index contributed by atoms with van der Waals surface area (Å²) in [5.74, 6) is 0.732. The lowest BCUT2D eigenvalue weighted by molar-refractivity contribution is 1.17. The molecule has 2 aromatic rings. The highest BCUT2D eigenvalue weighted by Gasteiger charge is 2.06. The molecule has 0 bridgehead atoms. The number of aromatic nitrogens is 2. The van der Waals surface area contributed by atoms with Crippen LogP contribution in [0.5, 0.6) is 0 Å². The fraction of sp³-hybridized carbons (Fsp3) is 0. The summed E-state index contributed by atoms with van der Waals surface area (Å²) in [5, 5.41) is 3.91. The molecule has 1 aromatic heterocycles. The van der Waals surface area contributed by atoms with Crippen LogP contribution in [-0.2, 0) is 0 Å². The van der Waals surface area contributed by atoms with Gasteiger partial charge in [0, 0.05) is 6.20 Å². The van der Waals surface area contributed by atoms with Crippen molar-refractivity contribution in [1.29, 1.82) is 0 Å². The van der Waals surface area contributed by atoms with Crippen LogP contribution in [0.1, 0.15) is 0 Å². The Morgan fingerprint density at radius 2 is 1.81 bits per heavy atom. The minimum Gasteiger partial charge on any atom is -0.384 e. The third-order valence-electron chi connectivity index (χ3n) is 1.88. The summed E-state index contributed by atoms with van der Waals surface area (Å²) in [5.41, 5.74) is 6.10. The molecule has 82 valence electrons.